The van der Waals surface area contributed by atoms with Gasteiger partial charge in [0.2, 0.25) is 0 Å². The van der Waals surface area contributed by atoms with Crippen molar-refractivity contribution in [2.24, 2.45) is 0 Å². The maximum absolute atomic E-state index is 13.3. The summed E-state index contributed by atoms with van der Waals surface area (Å²) in [4.78, 5) is 16.1. The van der Waals surface area contributed by atoms with Crippen molar-refractivity contribution < 1.29 is 22.7 Å². The van der Waals surface area contributed by atoms with Crippen molar-refractivity contribution in [2.75, 3.05) is 44.5 Å². The molecule has 0 aliphatic carbocycles. The number of nitrogens with zero attached hydrogens (tertiary/aromatic N) is 2. The van der Waals surface area contributed by atoms with Crippen LogP contribution in [0.25, 0.3) is 0 Å². The van der Waals surface area contributed by atoms with Gasteiger partial charge in [-0.2, -0.15) is 13.2 Å². The number of carbonyl (C=O) groups excluding carboxylic acids is 1. The van der Waals surface area contributed by atoms with E-state index in [2.05, 4.69) is 10.2 Å². The lowest BCUT2D eigenvalue weighted by molar-refractivity contribution is -0.138. The Morgan fingerprint density at radius 2 is 1.90 bits per heavy atom. The number of likely N-dealkylation sites (N-methyl/N-ethyl adjacent to an activating group) is 1. The summed E-state index contributed by atoms with van der Waals surface area (Å²) in [5.41, 5.74) is 1.78. The molecule has 0 saturated carbocycles. The van der Waals surface area contributed by atoms with Crippen LogP contribution in [0.15, 0.2) is 36.4 Å². The second kappa shape index (κ2) is 8.32. The molecule has 2 aromatic rings. The van der Waals surface area contributed by atoms with E-state index >= 15 is 0 Å². The highest BCUT2D eigenvalue weighted by Crippen LogP contribution is 2.42. The topological polar surface area (TPSA) is 44.8 Å². The van der Waals surface area contributed by atoms with E-state index in [9.17, 15) is 18.0 Å². The summed E-state index contributed by atoms with van der Waals surface area (Å²) >= 11 is 0. The number of rotatable bonds is 5. The van der Waals surface area contributed by atoms with E-state index in [0.717, 1.165) is 24.6 Å². The first-order valence-corrected chi connectivity index (χ1v) is 9.29. The lowest BCUT2D eigenvalue weighted by Crippen LogP contribution is -2.33. The number of carbonyl (C=O) groups is 1. The lowest BCUT2D eigenvalue weighted by atomic mass is 10.1. The summed E-state index contributed by atoms with van der Waals surface area (Å²) in [6.45, 7) is 1.23. The molecule has 0 aromatic heterocycles. The van der Waals surface area contributed by atoms with Crippen molar-refractivity contribution in [2.45, 2.75) is 19.0 Å². The number of benzene rings is 2. The van der Waals surface area contributed by atoms with Crippen molar-refractivity contribution in [3.8, 4) is 5.75 Å². The highest BCUT2D eigenvalue weighted by atomic mass is 19.4. The molecule has 2 aromatic carbocycles. The number of urea groups is 1. The third-order valence-corrected chi connectivity index (χ3v) is 4.90. The number of halogens is 3. The second-order valence-corrected chi connectivity index (χ2v) is 7.26. The van der Waals surface area contributed by atoms with Crippen LogP contribution in [0, 0.1) is 0 Å². The molecule has 5 nitrogen and oxygen atoms in total. The number of anilines is 2. The first-order valence-electron chi connectivity index (χ1n) is 9.29. The van der Waals surface area contributed by atoms with E-state index in [0.29, 0.717) is 24.2 Å². The van der Waals surface area contributed by atoms with Gasteiger partial charge in [0, 0.05) is 24.5 Å². The van der Waals surface area contributed by atoms with Gasteiger partial charge in [-0.25, -0.2) is 4.79 Å². The molecule has 156 valence electrons. The minimum atomic E-state index is -4.56. The predicted molar refractivity (Wildman–Crippen MR) is 107 cm³/mol. The van der Waals surface area contributed by atoms with Gasteiger partial charge in [0.05, 0.1) is 12.7 Å². The Morgan fingerprint density at radius 3 is 2.48 bits per heavy atom. The number of fused-ring (bicyclic) bond motifs is 1. The Kier molecular flexibility index (Phi) is 6.02. The maximum atomic E-state index is 13.3. The average Bonchev–Trinajstić information content (AvgIpc) is 3.08. The van der Waals surface area contributed by atoms with E-state index in [1.807, 2.05) is 26.2 Å². The molecule has 1 N–H and O–H groups in total. The molecular weight excluding hydrogens is 383 g/mol. The van der Waals surface area contributed by atoms with Crippen molar-refractivity contribution in [1.29, 1.82) is 0 Å². The van der Waals surface area contributed by atoms with Crippen LogP contribution >= 0.6 is 0 Å². The Balaban J connectivity index is 1.75. The number of alkyl halides is 3. The van der Waals surface area contributed by atoms with Gasteiger partial charge in [0.25, 0.3) is 0 Å². The lowest BCUT2D eigenvalue weighted by Gasteiger charge is -2.20. The van der Waals surface area contributed by atoms with Crippen LogP contribution in [0.2, 0.25) is 0 Å². The van der Waals surface area contributed by atoms with Crippen molar-refractivity contribution in [3.05, 3.63) is 53.1 Å². The number of hydrogen-bond acceptors (Lipinski definition) is 3. The fourth-order valence-corrected chi connectivity index (χ4v) is 3.31. The standard InChI is InChI=1S/C21H24F3N3O2/c1-26(2)10-8-14-4-6-16(7-5-14)25-20(28)27-11-9-15-12-19(29-3)17(13-18(15)27)21(22,23)24/h4-7,12-13H,8-11H2,1-3H3,(H,25,28). The predicted octanol–water partition coefficient (Wildman–Crippen LogP) is 4.41. The molecule has 0 saturated heterocycles. The summed E-state index contributed by atoms with van der Waals surface area (Å²) in [7, 11) is 5.21. The zero-order valence-corrected chi connectivity index (χ0v) is 16.6. The van der Waals surface area contributed by atoms with Crippen LogP contribution in [-0.2, 0) is 19.0 Å². The van der Waals surface area contributed by atoms with E-state index < -0.39 is 17.8 Å². The first kappa shape index (κ1) is 21.0. The SMILES string of the molecule is COc1cc2c(cc1C(F)(F)F)N(C(=O)Nc1ccc(CCN(C)C)cc1)CC2. The van der Waals surface area contributed by atoms with Crippen LogP contribution in [0.5, 0.6) is 5.75 Å². The van der Waals surface area contributed by atoms with E-state index in [1.165, 1.54) is 18.1 Å². The first-order chi connectivity index (χ1) is 13.7. The molecule has 0 spiro atoms. The molecule has 3 rings (SSSR count). The quantitative estimate of drug-likeness (QED) is 0.799. The van der Waals surface area contributed by atoms with Crippen LogP contribution in [0.3, 0.4) is 0 Å². The summed E-state index contributed by atoms with van der Waals surface area (Å²) in [6.07, 6.45) is -3.20. The number of methoxy groups -OCH3 is 1. The van der Waals surface area contributed by atoms with Gasteiger partial charge >= 0.3 is 12.2 Å². The molecule has 29 heavy (non-hydrogen) atoms. The summed E-state index contributed by atoms with van der Waals surface area (Å²) in [5.74, 6) is -0.230. The van der Waals surface area contributed by atoms with Gasteiger partial charge in [-0.1, -0.05) is 12.1 Å². The zero-order valence-electron chi connectivity index (χ0n) is 16.6. The summed E-state index contributed by atoms with van der Waals surface area (Å²) in [5, 5.41) is 2.77. The molecule has 0 radical (unpaired) electrons. The van der Waals surface area contributed by atoms with Gasteiger partial charge in [0.15, 0.2) is 0 Å². The minimum absolute atomic E-state index is 0.230. The largest absolute Gasteiger partial charge is 0.496 e. The molecular formula is C21H24F3N3O2. The Hall–Kier alpha value is -2.74. The molecule has 8 heteroatoms. The van der Waals surface area contributed by atoms with Crippen molar-refractivity contribution >= 4 is 17.4 Å². The van der Waals surface area contributed by atoms with Gasteiger partial charge in [0.1, 0.15) is 5.75 Å². The third-order valence-electron chi connectivity index (χ3n) is 4.90. The fourth-order valence-electron chi connectivity index (χ4n) is 3.31. The van der Waals surface area contributed by atoms with Crippen LogP contribution in [-0.4, -0.2) is 45.2 Å². The molecule has 1 heterocycles. The Labute approximate surface area is 168 Å². The van der Waals surface area contributed by atoms with E-state index in [4.69, 9.17) is 4.74 Å². The summed E-state index contributed by atoms with van der Waals surface area (Å²) in [6, 6.07) is 9.37. The second-order valence-electron chi connectivity index (χ2n) is 7.26. The monoisotopic (exact) mass is 407 g/mol. The molecule has 1 aliphatic heterocycles. The highest BCUT2D eigenvalue weighted by Gasteiger charge is 2.37. The molecule has 0 atom stereocenters. The van der Waals surface area contributed by atoms with Gasteiger partial charge < -0.3 is 15.0 Å². The van der Waals surface area contributed by atoms with Crippen LogP contribution in [0.4, 0.5) is 29.3 Å². The van der Waals surface area contributed by atoms with Gasteiger partial charge in [-0.05, 0) is 62.3 Å². The smallest absolute Gasteiger partial charge is 0.420 e. The fraction of sp³-hybridized carbons (Fsp3) is 0.381. The third kappa shape index (κ3) is 4.82. The maximum Gasteiger partial charge on any atom is 0.420 e. The number of hydrogen-bond donors (Lipinski definition) is 1. The number of nitrogens with one attached hydrogen (secondary N) is 1. The summed E-state index contributed by atoms with van der Waals surface area (Å²) < 4.78 is 44.9. The molecule has 0 bridgehead atoms. The molecule has 1 aliphatic rings. The van der Waals surface area contributed by atoms with Gasteiger partial charge in [-0.3, -0.25) is 4.90 Å². The van der Waals surface area contributed by atoms with E-state index in [1.54, 1.807) is 12.1 Å². The molecule has 2 amide bonds. The Bertz CT molecular complexity index is 880. The van der Waals surface area contributed by atoms with Crippen molar-refractivity contribution in [3.63, 3.8) is 0 Å². The van der Waals surface area contributed by atoms with Crippen LogP contribution in [0.1, 0.15) is 16.7 Å². The van der Waals surface area contributed by atoms with Crippen molar-refractivity contribution in [1.82, 2.24) is 4.90 Å². The Morgan fingerprint density at radius 1 is 1.21 bits per heavy atom. The molecule has 0 unspecified atom stereocenters. The number of ether oxygens (including phenoxy) is 1. The minimum Gasteiger partial charge on any atom is -0.496 e. The normalized spacial score (nSPS) is 13.6. The highest BCUT2D eigenvalue weighted by molar-refractivity contribution is 6.03. The number of amides is 2. The molecule has 0 fully saturated rings. The average molecular weight is 407 g/mol. The van der Waals surface area contributed by atoms with Gasteiger partial charge in [-0.15, -0.1) is 0 Å². The van der Waals surface area contributed by atoms with Crippen LogP contribution < -0.4 is 15.0 Å². The zero-order chi connectivity index (χ0) is 21.2. The van der Waals surface area contributed by atoms with E-state index in [-0.39, 0.29) is 11.4 Å².